The van der Waals surface area contributed by atoms with Gasteiger partial charge in [0.15, 0.2) is 0 Å². The minimum Gasteiger partial charge on any atom is -0.462 e. The molecule has 2 rings (SSSR count). The Morgan fingerprint density at radius 2 is 2.15 bits per heavy atom. The number of piperidine rings is 1. The third-order valence-electron chi connectivity index (χ3n) is 3.76. The van der Waals surface area contributed by atoms with Crippen LogP contribution in [0, 0.1) is 0 Å². The van der Waals surface area contributed by atoms with Crippen LogP contribution in [0.15, 0.2) is 23.8 Å². The molecule has 2 aliphatic rings. The summed E-state index contributed by atoms with van der Waals surface area (Å²) in [5.74, 6) is -0.240. The molecule has 0 aromatic heterocycles. The first kappa shape index (κ1) is 15.3. The van der Waals surface area contributed by atoms with Gasteiger partial charge in [-0.15, -0.1) is 0 Å². The van der Waals surface area contributed by atoms with E-state index < -0.39 is 0 Å². The second kappa shape index (κ2) is 8.22. The van der Waals surface area contributed by atoms with Crippen LogP contribution in [0.1, 0.15) is 32.6 Å². The zero-order valence-electron chi connectivity index (χ0n) is 12.3. The van der Waals surface area contributed by atoms with Crippen LogP contribution in [-0.2, 0) is 14.3 Å². The van der Waals surface area contributed by atoms with Crippen LogP contribution in [0.3, 0.4) is 0 Å². The molecule has 4 nitrogen and oxygen atoms in total. The fourth-order valence-corrected chi connectivity index (χ4v) is 2.61. The molecule has 1 aliphatic carbocycles. The Kier molecular flexibility index (Phi) is 6.27. The van der Waals surface area contributed by atoms with Gasteiger partial charge in [0.2, 0.25) is 0 Å². The zero-order valence-corrected chi connectivity index (χ0v) is 12.3. The number of hydrogen-bond donors (Lipinski definition) is 0. The smallest absolute Gasteiger partial charge is 0.337 e. The summed E-state index contributed by atoms with van der Waals surface area (Å²) in [6.45, 7) is 6.42. The number of ether oxygens (including phenoxy) is 2. The van der Waals surface area contributed by atoms with Crippen molar-refractivity contribution >= 4 is 5.97 Å². The monoisotopic (exact) mass is 279 g/mol. The minimum atomic E-state index is -0.240. The lowest BCUT2D eigenvalue weighted by Crippen LogP contribution is -2.33. The van der Waals surface area contributed by atoms with E-state index in [1.165, 1.54) is 32.4 Å². The van der Waals surface area contributed by atoms with E-state index in [9.17, 15) is 4.79 Å². The molecule has 0 N–H and O–H groups in total. The van der Waals surface area contributed by atoms with Crippen LogP contribution in [0.5, 0.6) is 0 Å². The van der Waals surface area contributed by atoms with Gasteiger partial charge in [0.25, 0.3) is 0 Å². The van der Waals surface area contributed by atoms with Crippen molar-refractivity contribution in [2.45, 2.75) is 38.7 Å². The summed E-state index contributed by atoms with van der Waals surface area (Å²) in [5, 5.41) is 0. The summed E-state index contributed by atoms with van der Waals surface area (Å²) in [4.78, 5) is 14.0. The molecule has 1 saturated heterocycles. The molecule has 0 amide bonds. The van der Waals surface area contributed by atoms with Crippen molar-refractivity contribution in [3.63, 3.8) is 0 Å². The lowest BCUT2D eigenvalue weighted by atomic mass is 10.1. The van der Waals surface area contributed by atoms with E-state index in [1.807, 2.05) is 25.2 Å². The molecule has 1 heterocycles. The van der Waals surface area contributed by atoms with Crippen LogP contribution in [0.4, 0.5) is 0 Å². The number of hydrogen-bond acceptors (Lipinski definition) is 4. The molecule has 4 heteroatoms. The fraction of sp³-hybridized carbons (Fsp3) is 0.688. The van der Waals surface area contributed by atoms with Crippen molar-refractivity contribution in [3.8, 4) is 0 Å². The van der Waals surface area contributed by atoms with Gasteiger partial charge >= 0.3 is 5.97 Å². The molecule has 1 aliphatic heterocycles. The number of carbonyl (C=O) groups is 1. The highest BCUT2D eigenvalue weighted by atomic mass is 16.5. The minimum absolute atomic E-state index is 0.0953. The predicted octanol–water partition coefficient (Wildman–Crippen LogP) is 2.31. The maximum absolute atomic E-state index is 11.5. The Labute approximate surface area is 121 Å². The lowest BCUT2D eigenvalue weighted by Gasteiger charge is -2.27. The Hall–Kier alpha value is -1.13. The zero-order chi connectivity index (χ0) is 14.2. The average Bonchev–Trinajstić information content (AvgIpc) is 2.49. The van der Waals surface area contributed by atoms with Crippen molar-refractivity contribution < 1.29 is 14.3 Å². The average molecular weight is 279 g/mol. The molecule has 0 aromatic rings. The molecule has 1 unspecified atom stereocenters. The summed E-state index contributed by atoms with van der Waals surface area (Å²) < 4.78 is 10.8. The van der Waals surface area contributed by atoms with Crippen LogP contribution >= 0.6 is 0 Å². The summed E-state index contributed by atoms with van der Waals surface area (Å²) in [6.07, 6.45) is 10.5. The van der Waals surface area contributed by atoms with Gasteiger partial charge in [0, 0.05) is 6.54 Å². The van der Waals surface area contributed by atoms with Crippen molar-refractivity contribution in [3.05, 3.63) is 23.8 Å². The topological polar surface area (TPSA) is 38.8 Å². The Morgan fingerprint density at radius 3 is 2.80 bits per heavy atom. The van der Waals surface area contributed by atoms with Crippen LogP contribution < -0.4 is 0 Å². The number of carbonyl (C=O) groups excluding carboxylic acids is 1. The lowest BCUT2D eigenvalue weighted by molar-refractivity contribution is -0.138. The van der Waals surface area contributed by atoms with Crippen molar-refractivity contribution in [1.82, 2.24) is 4.90 Å². The molecule has 0 spiro atoms. The second-order valence-corrected chi connectivity index (χ2v) is 5.29. The Bertz CT molecular complexity index is 370. The van der Waals surface area contributed by atoms with E-state index in [2.05, 4.69) is 4.90 Å². The number of nitrogens with zero attached hydrogens (tertiary/aromatic N) is 1. The quantitative estimate of drug-likeness (QED) is 0.699. The first-order valence-corrected chi connectivity index (χ1v) is 7.69. The summed E-state index contributed by atoms with van der Waals surface area (Å²) in [6, 6.07) is 0. The maximum Gasteiger partial charge on any atom is 0.337 e. The molecule has 0 aromatic carbocycles. The third-order valence-corrected chi connectivity index (χ3v) is 3.76. The number of likely N-dealkylation sites (tertiary alicyclic amines) is 1. The largest absolute Gasteiger partial charge is 0.462 e. The van der Waals surface area contributed by atoms with Gasteiger partial charge in [-0.25, -0.2) is 4.79 Å². The molecule has 0 radical (unpaired) electrons. The number of rotatable bonds is 6. The summed E-state index contributed by atoms with van der Waals surface area (Å²) >= 11 is 0. The van der Waals surface area contributed by atoms with Crippen LogP contribution in [0.2, 0.25) is 0 Å². The van der Waals surface area contributed by atoms with Crippen LogP contribution in [-0.4, -0.2) is 49.8 Å². The molecule has 1 fully saturated rings. The molecule has 20 heavy (non-hydrogen) atoms. The third kappa shape index (κ3) is 4.76. The highest BCUT2D eigenvalue weighted by Gasteiger charge is 2.15. The normalized spacial score (nSPS) is 23.4. The van der Waals surface area contributed by atoms with Crippen molar-refractivity contribution in [1.29, 1.82) is 0 Å². The van der Waals surface area contributed by atoms with Gasteiger partial charge < -0.3 is 14.4 Å². The van der Waals surface area contributed by atoms with E-state index in [1.54, 1.807) is 0 Å². The van der Waals surface area contributed by atoms with Crippen LogP contribution in [0.25, 0.3) is 0 Å². The summed E-state index contributed by atoms with van der Waals surface area (Å²) in [5.41, 5.74) is 0.641. The molecular weight excluding hydrogens is 254 g/mol. The van der Waals surface area contributed by atoms with Crippen molar-refractivity contribution in [2.75, 3.05) is 32.8 Å². The fourth-order valence-electron chi connectivity index (χ4n) is 2.61. The molecule has 1 atom stereocenters. The molecule has 112 valence electrons. The van der Waals surface area contributed by atoms with Gasteiger partial charge in [-0.05, 0) is 45.4 Å². The van der Waals surface area contributed by atoms with E-state index in [-0.39, 0.29) is 12.1 Å². The van der Waals surface area contributed by atoms with Crippen molar-refractivity contribution in [2.24, 2.45) is 0 Å². The predicted molar refractivity (Wildman–Crippen MR) is 78.5 cm³/mol. The van der Waals surface area contributed by atoms with Gasteiger partial charge in [0.05, 0.1) is 24.9 Å². The summed E-state index contributed by atoms with van der Waals surface area (Å²) in [7, 11) is 0. The van der Waals surface area contributed by atoms with E-state index in [0.29, 0.717) is 12.2 Å². The maximum atomic E-state index is 11.5. The molecule has 0 saturated carbocycles. The first-order chi connectivity index (χ1) is 9.79. The van der Waals surface area contributed by atoms with Gasteiger partial charge in [-0.1, -0.05) is 18.6 Å². The first-order valence-electron chi connectivity index (χ1n) is 7.69. The van der Waals surface area contributed by atoms with E-state index in [4.69, 9.17) is 9.47 Å². The highest BCUT2D eigenvalue weighted by Crippen LogP contribution is 2.15. The standard InChI is InChI=1S/C16H25NO3/c1-2-19-16(18)14-6-8-15(9-7-14)20-13-12-17-10-4-3-5-11-17/h6-8,15H,2-5,9-13H2,1H3. The Balaban J connectivity index is 1.64. The van der Waals surface area contributed by atoms with Gasteiger partial charge in [0.1, 0.15) is 0 Å². The van der Waals surface area contributed by atoms with Gasteiger partial charge in [-0.3, -0.25) is 0 Å². The molecular formula is C16H25NO3. The molecule has 0 bridgehead atoms. The van der Waals surface area contributed by atoms with E-state index >= 15 is 0 Å². The van der Waals surface area contributed by atoms with Gasteiger partial charge in [-0.2, -0.15) is 0 Å². The van der Waals surface area contributed by atoms with E-state index in [0.717, 1.165) is 19.6 Å². The second-order valence-electron chi connectivity index (χ2n) is 5.29. The SMILES string of the molecule is CCOC(=O)C1=CCC(OCCN2CCCCC2)C=C1. The Morgan fingerprint density at radius 1 is 1.35 bits per heavy atom. The highest BCUT2D eigenvalue weighted by molar-refractivity contribution is 5.91. The number of esters is 1.